The van der Waals surface area contributed by atoms with E-state index in [0.717, 1.165) is 16.8 Å². The van der Waals surface area contributed by atoms with Crippen molar-refractivity contribution >= 4 is 5.97 Å². The van der Waals surface area contributed by atoms with Gasteiger partial charge in [0.05, 0.1) is 5.56 Å². The molecule has 136 valence electrons. The lowest BCUT2D eigenvalue weighted by molar-refractivity contribution is 0.00641. The normalized spacial score (nSPS) is 11.9. The number of ether oxygens (including phenoxy) is 1. The summed E-state index contributed by atoms with van der Waals surface area (Å²) in [4.78, 5) is 24.2. The van der Waals surface area contributed by atoms with Crippen LogP contribution in [0.4, 0.5) is 8.78 Å². The molecule has 0 saturated heterocycles. The van der Waals surface area contributed by atoms with E-state index in [1.807, 2.05) is 13.8 Å². The van der Waals surface area contributed by atoms with Gasteiger partial charge in [0.2, 0.25) is 0 Å². The Labute approximate surface area is 144 Å². The van der Waals surface area contributed by atoms with Crippen molar-refractivity contribution in [3.63, 3.8) is 0 Å². The van der Waals surface area contributed by atoms with Crippen molar-refractivity contribution in [2.45, 2.75) is 46.1 Å². The highest BCUT2D eigenvalue weighted by atomic mass is 19.1. The fourth-order valence-electron chi connectivity index (χ4n) is 2.30. The maximum atomic E-state index is 14.4. The number of esters is 1. The van der Waals surface area contributed by atoms with Gasteiger partial charge in [-0.3, -0.25) is 4.57 Å². The molecular formula is C17H21F2N3O3. The molecular weight excluding hydrogens is 332 g/mol. The fraction of sp³-hybridized carbons (Fsp3) is 0.471. The van der Waals surface area contributed by atoms with E-state index < -0.39 is 34.5 Å². The SMILES string of the molecule is CC(C)c1nn(-c2cc(F)c(C(=O)OC(C)(C)C)cc2F)c(=O)n1C. The zero-order chi connectivity index (χ0) is 19.1. The molecule has 1 heterocycles. The molecule has 8 heteroatoms. The molecule has 2 aromatic rings. The molecule has 2 rings (SSSR count). The number of halogens is 2. The summed E-state index contributed by atoms with van der Waals surface area (Å²) < 4.78 is 35.9. The Kier molecular flexibility index (Phi) is 4.83. The minimum absolute atomic E-state index is 0.0760. The number of carbonyl (C=O) groups is 1. The van der Waals surface area contributed by atoms with Crippen molar-refractivity contribution in [2.75, 3.05) is 0 Å². The van der Waals surface area contributed by atoms with E-state index in [-0.39, 0.29) is 11.6 Å². The summed E-state index contributed by atoms with van der Waals surface area (Å²) in [5.74, 6) is -2.56. The minimum atomic E-state index is -0.991. The first kappa shape index (κ1) is 18.8. The third-order valence-corrected chi connectivity index (χ3v) is 3.41. The molecule has 25 heavy (non-hydrogen) atoms. The number of rotatable bonds is 3. The van der Waals surface area contributed by atoms with Crippen LogP contribution in [0.25, 0.3) is 5.69 Å². The van der Waals surface area contributed by atoms with Crippen LogP contribution in [-0.4, -0.2) is 25.9 Å². The molecule has 0 amide bonds. The van der Waals surface area contributed by atoms with Crippen molar-refractivity contribution < 1.29 is 18.3 Å². The molecule has 1 aromatic heterocycles. The third-order valence-electron chi connectivity index (χ3n) is 3.41. The second kappa shape index (κ2) is 6.42. The first-order valence-corrected chi connectivity index (χ1v) is 7.81. The summed E-state index contributed by atoms with van der Waals surface area (Å²) >= 11 is 0. The standard InChI is InChI=1S/C17H21F2N3O3/c1-9(2)14-20-22(16(24)21(14)6)13-8-11(18)10(7-12(13)19)15(23)25-17(3,4)5/h7-9H,1-6H3. The average molecular weight is 353 g/mol. The number of nitrogens with zero attached hydrogens (tertiary/aromatic N) is 3. The predicted octanol–water partition coefficient (Wildman–Crippen LogP) is 2.93. The Balaban J connectivity index is 2.53. The van der Waals surface area contributed by atoms with Gasteiger partial charge in [-0.1, -0.05) is 13.8 Å². The molecule has 0 aliphatic rings. The molecule has 0 saturated carbocycles. The van der Waals surface area contributed by atoms with E-state index in [1.165, 1.54) is 11.6 Å². The summed E-state index contributed by atoms with van der Waals surface area (Å²) in [6.45, 7) is 8.51. The van der Waals surface area contributed by atoms with Gasteiger partial charge >= 0.3 is 11.7 Å². The monoisotopic (exact) mass is 353 g/mol. The highest BCUT2D eigenvalue weighted by Crippen LogP contribution is 2.21. The molecule has 6 nitrogen and oxygen atoms in total. The largest absolute Gasteiger partial charge is 0.456 e. The van der Waals surface area contributed by atoms with Crippen LogP contribution < -0.4 is 5.69 Å². The number of aromatic nitrogens is 3. The Bertz CT molecular complexity index is 876. The number of carbonyl (C=O) groups excluding carboxylic acids is 1. The van der Waals surface area contributed by atoms with Crippen molar-refractivity contribution in [1.29, 1.82) is 0 Å². The summed E-state index contributed by atoms with van der Waals surface area (Å²) in [5.41, 5.74) is -2.35. The molecule has 0 atom stereocenters. The minimum Gasteiger partial charge on any atom is -0.456 e. The Morgan fingerprint density at radius 3 is 2.28 bits per heavy atom. The predicted molar refractivity (Wildman–Crippen MR) is 88.0 cm³/mol. The van der Waals surface area contributed by atoms with Gasteiger partial charge in [-0.2, -0.15) is 4.68 Å². The van der Waals surface area contributed by atoms with Gasteiger partial charge < -0.3 is 4.74 Å². The van der Waals surface area contributed by atoms with Crippen LogP contribution in [0.5, 0.6) is 0 Å². The van der Waals surface area contributed by atoms with Crippen LogP contribution in [-0.2, 0) is 11.8 Å². The number of benzene rings is 1. The van der Waals surface area contributed by atoms with Gasteiger partial charge in [0.25, 0.3) is 0 Å². The van der Waals surface area contributed by atoms with Gasteiger partial charge in [-0.05, 0) is 26.8 Å². The lowest BCUT2D eigenvalue weighted by Crippen LogP contribution is -2.25. The molecule has 0 aliphatic carbocycles. The molecule has 0 fully saturated rings. The lowest BCUT2D eigenvalue weighted by Gasteiger charge is -2.19. The summed E-state index contributed by atoms with van der Waals surface area (Å²) in [5, 5.41) is 4.06. The fourth-order valence-corrected chi connectivity index (χ4v) is 2.30. The first-order chi connectivity index (χ1) is 11.4. The van der Waals surface area contributed by atoms with Crippen molar-refractivity contribution in [3.05, 3.63) is 45.6 Å². The van der Waals surface area contributed by atoms with Gasteiger partial charge in [-0.25, -0.2) is 18.4 Å². The molecule has 0 radical (unpaired) electrons. The van der Waals surface area contributed by atoms with Gasteiger partial charge in [0, 0.05) is 19.0 Å². The van der Waals surface area contributed by atoms with Crippen molar-refractivity contribution in [2.24, 2.45) is 7.05 Å². The van der Waals surface area contributed by atoms with E-state index in [4.69, 9.17) is 4.74 Å². The first-order valence-electron chi connectivity index (χ1n) is 7.81. The van der Waals surface area contributed by atoms with E-state index in [1.54, 1.807) is 20.8 Å². The summed E-state index contributed by atoms with van der Waals surface area (Å²) in [7, 11) is 1.50. The number of hydrogen-bond acceptors (Lipinski definition) is 4. The van der Waals surface area contributed by atoms with Crippen molar-refractivity contribution in [1.82, 2.24) is 14.3 Å². The smallest absolute Gasteiger partial charge is 0.350 e. The van der Waals surface area contributed by atoms with E-state index >= 15 is 0 Å². The van der Waals surface area contributed by atoms with E-state index in [2.05, 4.69) is 5.10 Å². The maximum Gasteiger partial charge on any atom is 0.350 e. The maximum absolute atomic E-state index is 14.4. The van der Waals surface area contributed by atoms with Crippen LogP contribution >= 0.6 is 0 Å². The number of hydrogen-bond donors (Lipinski definition) is 0. The molecule has 0 bridgehead atoms. The van der Waals surface area contributed by atoms with Crippen LogP contribution in [0.1, 0.15) is 56.7 Å². The summed E-state index contributed by atoms with van der Waals surface area (Å²) in [6, 6.07) is 1.49. The summed E-state index contributed by atoms with van der Waals surface area (Å²) in [6.07, 6.45) is 0. The Morgan fingerprint density at radius 2 is 1.80 bits per heavy atom. The third kappa shape index (κ3) is 3.78. The van der Waals surface area contributed by atoms with Crippen LogP contribution in [0.2, 0.25) is 0 Å². The van der Waals surface area contributed by atoms with Gasteiger partial charge in [-0.15, -0.1) is 5.10 Å². The molecule has 0 spiro atoms. The second-order valence-electron chi connectivity index (χ2n) is 7.05. The molecule has 0 unspecified atom stereocenters. The lowest BCUT2D eigenvalue weighted by atomic mass is 10.1. The highest BCUT2D eigenvalue weighted by Gasteiger charge is 2.24. The Hall–Kier alpha value is -2.51. The topological polar surface area (TPSA) is 66.1 Å². The Morgan fingerprint density at radius 1 is 1.20 bits per heavy atom. The molecule has 0 N–H and O–H groups in total. The van der Waals surface area contributed by atoms with Crippen molar-refractivity contribution in [3.8, 4) is 5.69 Å². The zero-order valence-corrected chi connectivity index (χ0v) is 15.1. The quantitative estimate of drug-likeness (QED) is 0.796. The van der Waals surface area contributed by atoms with E-state index in [9.17, 15) is 18.4 Å². The zero-order valence-electron chi connectivity index (χ0n) is 15.1. The van der Waals surface area contributed by atoms with Crippen LogP contribution in [0.3, 0.4) is 0 Å². The van der Waals surface area contributed by atoms with Gasteiger partial charge in [0.1, 0.15) is 28.7 Å². The molecule has 0 aliphatic heterocycles. The van der Waals surface area contributed by atoms with E-state index in [0.29, 0.717) is 5.82 Å². The van der Waals surface area contributed by atoms with Crippen LogP contribution in [0.15, 0.2) is 16.9 Å². The highest BCUT2D eigenvalue weighted by molar-refractivity contribution is 5.90. The second-order valence-corrected chi connectivity index (χ2v) is 7.05. The van der Waals surface area contributed by atoms with Crippen LogP contribution in [0, 0.1) is 11.6 Å². The average Bonchev–Trinajstić information content (AvgIpc) is 2.75. The molecule has 1 aromatic carbocycles. The van der Waals surface area contributed by atoms with Gasteiger partial charge in [0.15, 0.2) is 0 Å².